The number of aryl methyl sites for hydroxylation is 1. The van der Waals surface area contributed by atoms with Gasteiger partial charge in [-0.15, -0.1) is 11.3 Å². The van der Waals surface area contributed by atoms with Crippen LogP contribution in [0.3, 0.4) is 0 Å². The van der Waals surface area contributed by atoms with Gasteiger partial charge in [0.2, 0.25) is 0 Å². The van der Waals surface area contributed by atoms with Crippen molar-refractivity contribution in [3.8, 4) is 0 Å². The zero-order valence-corrected chi connectivity index (χ0v) is 9.78. The van der Waals surface area contributed by atoms with Crippen molar-refractivity contribution in [1.82, 2.24) is 19.7 Å². The second kappa shape index (κ2) is 4.98. The van der Waals surface area contributed by atoms with Crippen LogP contribution in [0, 0.1) is 0 Å². The summed E-state index contributed by atoms with van der Waals surface area (Å²) >= 11 is 1.42. The van der Waals surface area contributed by atoms with Crippen LogP contribution in [0.4, 0.5) is 0 Å². The molecule has 0 spiro atoms. The first-order chi connectivity index (χ1) is 7.81. The molecule has 2 aromatic rings. The molecule has 16 heavy (non-hydrogen) atoms. The smallest absolute Gasteiger partial charge is 0.189 e. The molecule has 0 aliphatic carbocycles. The number of rotatable bonds is 5. The molecule has 0 radical (unpaired) electrons. The van der Waals surface area contributed by atoms with Crippen molar-refractivity contribution in [3.05, 3.63) is 28.7 Å². The standard InChI is InChI=1S/C10H12N4OS/c1-2-3-14-10(11-6-13-14)4-9(15)8-5-16-7-12-8/h5-7H,2-4H2,1H3. The van der Waals surface area contributed by atoms with Gasteiger partial charge in [-0.1, -0.05) is 6.92 Å². The summed E-state index contributed by atoms with van der Waals surface area (Å²) in [7, 11) is 0. The van der Waals surface area contributed by atoms with Crippen molar-refractivity contribution < 1.29 is 4.79 Å². The SMILES string of the molecule is CCCn1ncnc1CC(=O)c1cscn1. The summed E-state index contributed by atoms with van der Waals surface area (Å²) in [5.74, 6) is 0.700. The normalized spacial score (nSPS) is 10.6. The first kappa shape index (κ1) is 10.9. The lowest BCUT2D eigenvalue weighted by Crippen LogP contribution is -2.11. The Balaban J connectivity index is 2.09. The average molecular weight is 236 g/mol. The van der Waals surface area contributed by atoms with E-state index in [1.54, 1.807) is 15.6 Å². The van der Waals surface area contributed by atoms with Crippen LogP contribution in [0.25, 0.3) is 0 Å². The van der Waals surface area contributed by atoms with Gasteiger partial charge in [0.25, 0.3) is 0 Å². The van der Waals surface area contributed by atoms with Crippen molar-refractivity contribution in [2.75, 3.05) is 0 Å². The predicted molar refractivity (Wildman–Crippen MR) is 60.5 cm³/mol. The van der Waals surface area contributed by atoms with Crippen LogP contribution in [-0.2, 0) is 13.0 Å². The Kier molecular flexibility index (Phi) is 3.40. The van der Waals surface area contributed by atoms with Crippen LogP contribution in [0.15, 0.2) is 17.2 Å². The molecule has 0 fully saturated rings. The lowest BCUT2D eigenvalue weighted by molar-refractivity contribution is 0.0985. The Labute approximate surface area is 97.2 Å². The van der Waals surface area contributed by atoms with Crippen molar-refractivity contribution in [2.24, 2.45) is 0 Å². The molecule has 0 aromatic carbocycles. The lowest BCUT2D eigenvalue weighted by Gasteiger charge is -2.02. The van der Waals surface area contributed by atoms with Gasteiger partial charge < -0.3 is 0 Å². The van der Waals surface area contributed by atoms with Gasteiger partial charge in [0.15, 0.2) is 5.78 Å². The Hall–Kier alpha value is -1.56. The predicted octanol–water partition coefficient (Wildman–Crippen LogP) is 1.57. The molecule has 0 atom stereocenters. The highest BCUT2D eigenvalue weighted by molar-refractivity contribution is 7.07. The van der Waals surface area contributed by atoms with Gasteiger partial charge in [-0.05, 0) is 6.42 Å². The molecule has 0 saturated heterocycles. The molecule has 0 saturated carbocycles. The van der Waals surface area contributed by atoms with E-state index in [4.69, 9.17) is 0 Å². The number of ketones is 1. The fourth-order valence-electron chi connectivity index (χ4n) is 1.41. The highest BCUT2D eigenvalue weighted by Gasteiger charge is 2.13. The fraction of sp³-hybridized carbons (Fsp3) is 0.400. The third-order valence-corrected chi connectivity index (χ3v) is 2.75. The lowest BCUT2D eigenvalue weighted by atomic mass is 10.2. The van der Waals surface area contributed by atoms with E-state index < -0.39 is 0 Å². The minimum Gasteiger partial charge on any atom is -0.292 e. The Morgan fingerprint density at radius 1 is 1.50 bits per heavy atom. The molecular weight excluding hydrogens is 224 g/mol. The number of aromatic nitrogens is 4. The first-order valence-electron chi connectivity index (χ1n) is 5.09. The minimum absolute atomic E-state index is 0.00777. The Morgan fingerprint density at radius 2 is 2.38 bits per heavy atom. The molecule has 2 rings (SSSR count). The monoisotopic (exact) mass is 236 g/mol. The van der Waals surface area contributed by atoms with Gasteiger partial charge in [0.05, 0.1) is 11.9 Å². The number of carbonyl (C=O) groups is 1. The molecular formula is C10H12N4OS. The average Bonchev–Trinajstić information content (AvgIpc) is 2.90. The maximum Gasteiger partial charge on any atom is 0.189 e. The zero-order chi connectivity index (χ0) is 11.4. The van der Waals surface area contributed by atoms with E-state index in [2.05, 4.69) is 22.0 Å². The zero-order valence-electron chi connectivity index (χ0n) is 8.96. The van der Waals surface area contributed by atoms with Crippen LogP contribution in [0.5, 0.6) is 0 Å². The third kappa shape index (κ3) is 2.33. The van der Waals surface area contributed by atoms with Crippen LogP contribution < -0.4 is 0 Å². The molecule has 0 unspecified atom stereocenters. The van der Waals surface area contributed by atoms with E-state index in [1.807, 2.05) is 0 Å². The van der Waals surface area contributed by atoms with Crippen LogP contribution in [0.2, 0.25) is 0 Å². The number of hydrogen-bond donors (Lipinski definition) is 0. The second-order valence-electron chi connectivity index (χ2n) is 3.37. The first-order valence-corrected chi connectivity index (χ1v) is 6.03. The molecule has 84 valence electrons. The van der Waals surface area contributed by atoms with Crippen molar-refractivity contribution in [3.63, 3.8) is 0 Å². The van der Waals surface area contributed by atoms with E-state index in [0.717, 1.165) is 13.0 Å². The number of thiazole rings is 1. The number of carbonyl (C=O) groups excluding carboxylic acids is 1. The van der Waals surface area contributed by atoms with E-state index in [0.29, 0.717) is 11.5 Å². The van der Waals surface area contributed by atoms with Gasteiger partial charge in [-0.25, -0.2) is 14.6 Å². The van der Waals surface area contributed by atoms with E-state index in [-0.39, 0.29) is 12.2 Å². The highest BCUT2D eigenvalue weighted by atomic mass is 32.1. The number of nitrogens with zero attached hydrogens (tertiary/aromatic N) is 4. The fourth-order valence-corrected chi connectivity index (χ4v) is 1.96. The largest absolute Gasteiger partial charge is 0.292 e. The molecule has 0 bridgehead atoms. The molecule has 0 N–H and O–H groups in total. The summed E-state index contributed by atoms with van der Waals surface area (Å²) in [6.07, 6.45) is 2.73. The maximum atomic E-state index is 11.8. The Bertz CT molecular complexity index is 463. The quantitative estimate of drug-likeness (QED) is 0.739. The molecule has 0 aliphatic rings. The molecule has 2 heterocycles. The van der Waals surface area contributed by atoms with Crippen LogP contribution in [0.1, 0.15) is 29.7 Å². The topological polar surface area (TPSA) is 60.7 Å². The van der Waals surface area contributed by atoms with Gasteiger partial charge in [-0.2, -0.15) is 5.10 Å². The van der Waals surface area contributed by atoms with E-state index in [1.165, 1.54) is 17.7 Å². The van der Waals surface area contributed by atoms with Crippen molar-refractivity contribution >= 4 is 17.1 Å². The second-order valence-corrected chi connectivity index (χ2v) is 4.09. The van der Waals surface area contributed by atoms with Gasteiger partial charge >= 0.3 is 0 Å². The van der Waals surface area contributed by atoms with Gasteiger partial charge in [-0.3, -0.25) is 4.79 Å². The van der Waals surface area contributed by atoms with Gasteiger partial charge in [0, 0.05) is 11.9 Å². The maximum absolute atomic E-state index is 11.8. The number of hydrogen-bond acceptors (Lipinski definition) is 5. The molecule has 0 amide bonds. The third-order valence-electron chi connectivity index (χ3n) is 2.17. The summed E-state index contributed by atoms with van der Waals surface area (Å²) in [6.45, 7) is 2.85. The van der Waals surface area contributed by atoms with Crippen LogP contribution in [-0.4, -0.2) is 25.5 Å². The molecule has 6 heteroatoms. The Morgan fingerprint density at radius 3 is 3.06 bits per heavy atom. The van der Waals surface area contributed by atoms with Gasteiger partial charge in [0.1, 0.15) is 17.8 Å². The van der Waals surface area contributed by atoms with Crippen molar-refractivity contribution in [1.29, 1.82) is 0 Å². The highest BCUT2D eigenvalue weighted by Crippen LogP contribution is 2.06. The van der Waals surface area contributed by atoms with E-state index >= 15 is 0 Å². The summed E-state index contributed by atoms with van der Waals surface area (Å²) in [5, 5.41) is 5.83. The summed E-state index contributed by atoms with van der Waals surface area (Å²) in [6, 6.07) is 0. The van der Waals surface area contributed by atoms with E-state index in [9.17, 15) is 4.79 Å². The van der Waals surface area contributed by atoms with Crippen molar-refractivity contribution in [2.45, 2.75) is 26.3 Å². The summed E-state index contributed by atoms with van der Waals surface area (Å²) < 4.78 is 1.77. The molecule has 2 aromatic heterocycles. The molecule has 5 nitrogen and oxygen atoms in total. The summed E-state index contributed by atoms with van der Waals surface area (Å²) in [4.78, 5) is 19.9. The number of Topliss-reactive ketones (excluding diaryl/α,β-unsaturated/α-hetero) is 1. The summed E-state index contributed by atoms with van der Waals surface area (Å²) in [5.41, 5.74) is 2.17. The molecule has 0 aliphatic heterocycles. The van der Waals surface area contributed by atoms with Crippen LogP contribution >= 0.6 is 11.3 Å². The minimum atomic E-state index is -0.00777.